The van der Waals surface area contributed by atoms with E-state index in [0.29, 0.717) is 18.7 Å². The lowest BCUT2D eigenvalue weighted by Gasteiger charge is -2.08. The molecule has 0 bridgehead atoms. The van der Waals surface area contributed by atoms with E-state index in [0.717, 1.165) is 16.7 Å². The maximum atomic E-state index is 12.2. The number of methoxy groups -OCH3 is 1. The number of carbonyl (C=O) groups excluding carboxylic acids is 2. The molecule has 0 spiro atoms. The van der Waals surface area contributed by atoms with E-state index < -0.39 is 12.0 Å². The Morgan fingerprint density at radius 2 is 2.19 bits per heavy atom. The molecule has 1 aliphatic heterocycles. The van der Waals surface area contributed by atoms with Crippen molar-refractivity contribution in [2.45, 2.75) is 25.6 Å². The van der Waals surface area contributed by atoms with Crippen molar-refractivity contribution in [1.82, 2.24) is 14.6 Å². The predicted octanol–water partition coefficient (Wildman–Crippen LogP) is 2.19. The van der Waals surface area contributed by atoms with Gasteiger partial charge in [-0.05, 0) is 23.3 Å². The summed E-state index contributed by atoms with van der Waals surface area (Å²) in [5, 5.41) is 6.91. The van der Waals surface area contributed by atoms with Crippen LogP contribution in [0.1, 0.15) is 18.4 Å². The lowest BCUT2D eigenvalue weighted by molar-refractivity contribution is -0.146. The van der Waals surface area contributed by atoms with E-state index in [1.165, 1.54) is 0 Å². The van der Waals surface area contributed by atoms with Crippen molar-refractivity contribution in [3.8, 4) is 11.1 Å². The van der Waals surface area contributed by atoms with E-state index in [1.54, 1.807) is 11.6 Å². The highest BCUT2D eigenvalue weighted by molar-refractivity contribution is 5.95. The second kappa shape index (κ2) is 7.16. The molecule has 1 aliphatic rings. The molecule has 1 N–H and O–H groups in total. The van der Waals surface area contributed by atoms with E-state index in [1.807, 2.05) is 42.6 Å². The number of esters is 1. The van der Waals surface area contributed by atoms with Crippen molar-refractivity contribution >= 4 is 23.5 Å². The summed E-state index contributed by atoms with van der Waals surface area (Å²) in [5.41, 5.74) is 3.67. The van der Waals surface area contributed by atoms with Crippen molar-refractivity contribution in [3.05, 3.63) is 48.2 Å². The number of nitrogens with one attached hydrogen (secondary N) is 1. The minimum atomic E-state index is -0.777. The molecule has 0 aliphatic carbocycles. The van der Waals surface area contributed by atoms with Gasteiger partial charge in [0.2, 0.25) is 5.95 Å². The second-order valence-electron chi connectivity index (χ2n) is 6.25. The van der Waals surface area contributed by atoms with Crippen molar-refractivity contribution in [3.63, 3.8) is 0 Å². The van der Waals surface area contributed by atoms with E-state index in [4.69, 9.17) is 9.47 Å². The number of ether oxygens (including phenoxy) is 2. The highest BCUT2D eigenvalue weighted by atomic mass is 16.6. The number of anilines is 1. The van der Waals surface area contributed by atoms with Crippen LogP contribution in [-0.2, 0) is 25.7 Å². The summed E-state index contributed by atoms with van der Waals surface area (Å²) in [6, 6.07) is 11.7. The predicted molar refractivity (Wildman–Crippen MR) is 96.9 cm³/mol. The summed E-state index contributed by atoms with van der Waals surface area (Å²) in [4.78, 5) is 27.6. The number of benzene rings is 1. The molecule has 138 valence electrons. The molecule has 8 nitrogen and oxygen atoms in total. The van der Waals surface area contributed by atoms with Gasteiger partial charge in [-0.1, -0.05) is 24.3 Å². The maximum Gasteiger partial charge on any atom is 0.306 e. The Labute approximate surface area is 155 Å². The third-order valence-corrected chi connectivity index (χ3v) is 4.37. The molecule has 0 unspecified atom stereocenters. The number of carbonyl (C=O) groups is 2. The number of hydrogen-bond acceptors (Lipinski definition) is 6. The van der Waals surface area contributed by atoms with Crippen LogP contribution >= 0.6 is 0 Å². The average molecular weight is 366 g/mol. The minimum Gasteiger partial charge on any atom is -0.452 e. The number of cyclic esters (lactones) is 1. The number of fused-ring (bicyclic) bond motifs is 1. The average Bonchev–Trinajstić information content (AvgIpc) is 3.27. The number of pyridine rings is 1. The first kappa shape index (κ1) is 17.2. The number of nitrogens with zero attached hydrogens (tertiary/aromatic N) is 3. The molecule has 1 fully saturated rings. The van der Waals surface area contributed by atoms with Gasteiger partial charge in [0.25, 0.3) is 5.91 Å². The summed E-state index contributed by atoms with van der Waals surface area (Å²) in [7, 11) is 1.66. The number of amides is 1. The summed E-state index contributed by atoms with van der Waals surface area (Å²) < 4.78 is 11.8. The molecular formula is C19H18N4O4. The van der Waals surface area contributed by atoms with Crippen LogP contribution in [-0.4, -0.2) is 39.7 Å². The van der Waals surface area contributed by atoms with Gasteiger partial charge in [0.15, 0.2) is 11.8 Å². The zero-order chi connectivity index (χ0) is 18.8. The molecule has 1 atom stereocenters. The van der Waals surface area contributed by atoms with Gasteiger partial charge in [-0.2, -0.15) is 4.98 Å². The van der Waals surface area contributed by atoms with Gasteiger partial charge in [0, 0.05) is 31.7 Å². The first-order valence-electron chi connectivity index (χ1n) is 8.58. The lowest BCUT2D eigenvalue weighted by atomic mass is 10.0. The number of aromatic nitrogens is 3. The molecule has 1 saturated heterocycles. The van der Waals surface area contributed by atoms with Gasteiger partial charge in [-0.15, -0.1) is 5.10 Å². The van der Waals surface area contributed by atoms with E-state index >= 15 is 0 Å². The molecule has 0 saturated carbocycles. The fourth-order valence-corrected chi connectivity index (χ4v) is 3.08. The van der Waals surface area contributed by atoms with Crippen molar-refractivity contribution < 1.29 is 19.1 Å². The van der Waals surface area contributed by atoms with Gasteiger partial charge in [0.05, 0.1) is 6.61 Å². The van der Waals surface area contributed by atoms with Crippen LogP contribution in [0.3, 0.4) is 0 Å². The summed E-state index contributed by atoms with van der Waals surface area (Å²) in [5.74, 6) is -0.606. The third kappa shape index (κ3) is 3.52. The Morgan fingerprint density at radius 3 is 2.96 bits per heavy atom. The first-order chi connectivity index (χ1) is 13.1. The Bertz CT molecular complexity index is 1010. The third-order valence-electron chi connectivity index (χ3n) is 4.37. The largest absolute Gasteiger partial charge is 0.452 e. The molecule has 4 rings (SSSR count). The minimum absolute atomic E-state index is 0.172. The van der Waals surface area contributed by atoms with Crippen LogP contribution in [0.2, 0.25) is 0 Å². The SMILES string of the molecule is COCc1ccccc1-c1ccc2nc(NC(=O)[C@@H]3CCC(=O)O3)nn2c1. The highest BCUT2D eigenvalue weighted by Crippen LogP contribution is 2.25. The summed E-state index contributed by atoms with van der Waals surface area (Å²) >= 11 is 0. The molecule has 27 heavy (non-hydrogen) atoms. The Hall–Kier alpha value is -3.26. The van der Waals surface area contributed by atoms with Gasteiger partial charge in [-0.3, -0.25) is 14.9 Å². The van der Waals surface area contributed by atoms with E-state index in [-0.39, 0.29) is 18.3 Å². The standard InChI is InChI=1S/C19H18N4O4/c1-26-11-13-4-2-3-5-14(13)12-6-8-16-20-19(22-23(16)10-12)21-18(25)15-7-9-17(24)27-15/h2-6,8,10,15H,7,9,11H2,1H3,(H,21,22,25)/t15-/m0/s1. The maximum absolute atomic E-state index is 12.2. The molecule has 3 aromatic rings. The van der Waals surface area contributed by atoms with Gasteiger partial charge in [0.1, 0.15) is 0 Å². The van der Waals surface area contributed by atoms with Crippen molar-refractivity contribution in [1.29, 1.82) is 0 Å². The Morgan fingerprint density at radius 1 is 1.33 bits per heavy atom. The fraction of sp³-hybridized carbons (Fsp3) is 0.263. The van der Waals surface area contributed by atoms with Gasteiger partial charge < -0.3 is 9.47 Å². The Balaban J connectivity index is 1.59. The van der Waals surface area contributed by atoms with Gasteiger partial charge in [-0.25, -0.2) is 4.52 Å². The highest BCUT2D eigenvalue weighted by Gasteiger charge is 2.30. The zero-order valence-corrected chi connectivity index (χ0v) is 14.7. The first-order valence-corrected chi connectivity index (χ1v) is 8.58. The van der Waals surface area contributed by atoms with Crippen LogP contribution in [0, 0.1) is 0 Å². The van der Waals surface area contributed by atoms with Crippen molar-refractivity contribution in [2.75, 3.05) is 12.4 Å². The fourth-order valence-electron chi connectivity index (χ4n) is 3.08. The van der Waals surface area contributed by atoms with Crippen molar-refractivity contribution in [2.24, 2.45) is 0 Å². The topological polar surface area (TPSA) is 94.8 Å². The molecular weight excluding hydrogens is 348 g/mol. The number of hydrogen-bond donors (Lipinski definition) is 1. The molecule has 1 amide bonds. The quantitative estimate of drug-likeness (QED) is 0.696. The van der Waals surface area contributed by atoms with Crippen LogP contribution < -0.4 is 5.32 Å². The lowest BCUT2D eigenvalue weighted by Crippen LogP contribution is -2.27. The van der Waals surface area contributed by atoms with E-state index in [2.05, 4.69) is 15.4 Å². The molecule has 2 aromatic heterocycles. The smallest absolute Gasteiger partial charge is 0.306 e. The van der Waals surface area contributed by atoms with Crippen LogP contribution in [0.5, 0.6) is 0 Å². The second-order valence-corrected chi connectivity index (χ2v) is 6.25. The van der Waals surface area contributed by atoms with Crippen LogP contribution in [0.4, 0.5) is 5.95 Å². The molecule has 0 radical (unpaired) electrons. The molecule has 3 heterocycles. The van der Waals surface area contributed by atoms with E-state index in [9.17, 15) is 9.59 Å². The summed E-state index contributed by atoms with van der Waals surface area (Å²) in [6.45, 7) is 0.507. The molecule has 8 heteroatoms. The van der Waals surface area contributed by atoms with Crippen LogP contribution in [0.25, 0.3) is 16.8 Å². The molecule has 1 aromatic carbocycles. The summed E-state index contributed by atoms with van der Waals surface area (Å²) in [6.07, 6.45) is 1.70. The van der Waals surface area contributed by atoms with Gasteiger partial charge >= 0.3 is 5.97 Å². The number of rotatable bonds is 5. The monoisotopic (exact) mass is 366 g/mol. The normalized spacial score (nSPS) is 16.5. The zero-order valence-electron chi connectivity index (χ0n) is 14.7. The van der Waals surface area contributed by atoms with Crippen LogP contribution in [0.15, 0.2) is 42.6 Å². The Kier molecular flexibility index (Phi) is 4.55.